The maximum absolute atomic E-state index is 13.3. The van der Waals surface area contributed by atoms with E-state index in [4.69, 9.17) is 4.74 Å². The van der Waals surface area contributed by atoms with Crippen LogP contribution < -0.4 is 5.32 Å². The molecule has 4 nitrogen and oxygen atoms in total. The molecule has 5 heteroatoms. The minimum atomic E-state index is -0.193. The number of hydrogen-bond donors (Lipinski definition) is 1. The fraction of sp³-hybridized carbons (Fsp3) is 0.381. The van der Waals surface area contributed by atoms with Crippen LogP contribution >= 0.6 is 0 Å². The lowest BCUT2D eigenvalue weighted by Crippen LogP contribution is -2.48. The van der Waals surface area contributed by atoms with E-state index >= 15 is 0 Å². The molecule has 1 saturated heterocycles. The molecule has 3 rings (SSSR count). The minimum Gasteiger partial charge on any atom is -0.370 e. The van der Waals surface area contributed by atoms with Gasteiger partial charge >= 0.3 is 0 Å². The summed E-state index contributed by atoms with van der Waals surface area (Å²) in [6.07, 6.45) is 0.800. The first-order valence-corrected chi connectivity index (χ1v) is 9.04. The zero-order valence-electron chi connectivity index (χ0n) is 15.4. The predicted octanol–water partition coefficient (Wildman–Crippen LogP) is 3.33. The number of halogens is 1. The number of benzene rings is 2. The Balaban J connectivity index is 1.58. The highest BCUT2D eigenvalue weighted by Gasteiger charge is 2.24. The van der Waals surface area contributed by atoms with Crippen molar-refractivity contribution in [2.24, 2.45) is 4.99 Å². The Labute approximate surface area is 154 Å². The third-order valence-corrected chi connectivity index (χ3v) is 4.70. The van der Waals surface area contributed by atoms with Crippen molar-refractivity contribution < 1.29 is 9.13 Å². The molecule has 1 heterocycles. The van der Waals surface area contributed by atoms with Gasteiger partial charge in [0.2, 0.25) is 0 Å². The molecule has 26 heavy (non-hydrogen) atoms. The molecule has 1 fully saturated rings. The molecule has 0 radical (unpaired) electrons. The van der Waals surface area contributed by atoms with Gasteiger partial charge in [0.05, 0.1) is 13.2 Å². The first-order chi connectivity index (χ1) is 12.7. The number of hydrogen-bond acceptors (Lipinski definition) is 2. The van der Waals surface area contributed by atoms with Gasteiger partial charge in [0, 0.05) is 20.1 Å². The van der Waals surface area contributed by atoms with Gasteiger partial charge in [0.1, 0.15) is 11.9 Å². The SMILES string of the molecule is CN=C(NCCc1cccc(F)c1)N1CCOC(c2ccccc2C)C1. The molecule has 0 bridgehead atoms. The van der Waals surface area contributed by atoms with Crippen LogP contribution in [0.2, 0.25) is 0 Å². The van der Waals surface area contributed by atoms with E-state index in [-0.39, 0.29) is 11.9 Å². The molecule has 0 aliphatic carbocycles. The van der Waals surface area contributed by atoms with Gasteiger partial charge in [0.25, 0.3) is 0 Å². The molecule has 0 spiro atoms. The van der Waals surface area contributed by atoms with E-state index in [2.05, 4.69) is 40.3 Å². The quantitative estimate of drug-likeness (QED) is 0.675. The van der Waals surface area contributed by atoms with Gasteiger partial charge in [-0.2, -0.15) is 0 Å². The molecule has 2 aromatic rings. The van der Waals surface area contributed by atoms with Crippen LogP contribution in [-0.4, -0.2) is 44.1 Å². The van der Waals surface area contributed by atoms with Crippen LogP contribution in [0.3, 0.4) is 0 Å². The van der Waals surface area contributed by atoms with Crippen molar-refractivity contribution in [3.8, 4) is 0 Å². The van der Waals surface area contributed by atoms with E-state index in [0.29, 0.717) is 13.2 Å². The summed E-state index contributed by atoms with van der Waals surface area (Å²) in [6.45, 7) is 5.07. The molecular formula is C21H26FN3O. The molecule has 0 saturated carbocycles. The predicted molar refractivity (Wildman–Crippen MR) is 103 cm³/mol. The lowest BCUT2D eigenvalue weighted by atomic mass is 10.0. The van der Waals surface area contributed by atoms with Crippen LogP contribution in [0.25, 0.3) is 0 Å². The van der Waals surface area contributed by atoms with Crippen molar-refractivity contribution >= 4 is 5.96 Å². The zero-order chi connectivity index (χ0) is 18.4. The van der Waals surface area contributed by atoms with Crippen LogP contribution in [0.1, 0.15) is 22.8 Å². The number of rotatable bonds is 4. The maximum atomic E-state index is 13.3. The summed E-state index contributed by atoms with van der Waals surface area (Å²) in [5, 5.41) is 3.39. The zero-order valence-corrected chi connectivity index (χ0v) is 15.4. The summed E-state index contributed by atoms with van der Waals surface area (Å²) in [5.74, 6) is 0.671. The van der Waals surface area contributed by atoms with Crippen LogP contribution in [-0.2, 0) is 11.2 Å². The van der Waals surface area contributed by atoms with E-state index in [9.17, 15) is 4.39 Å². The summed E-state index contributed by atoms with van der Waals surface area (Å²) in [7, 11) is 1.79. The molecular weight excluding hydrogens is 329 g/mol. The number of guanidine groups is 1. The molecule has 1 unspecified atom stereocenters. The molecule has 1 atom stereocenters. The summed E-state index contributed by atoms with van der Waals surface area (Å²) < 4.78 is 19.3. The molecule has 138 valence electrons. The highest BCUT2D eigenvalue weighted by Crippen LogP contribution is 2.24. The highest BCUT2D eigenvalue weighted by molar-refractivity contribution is 5.80. The van der Waals surface area contributed by atoms with Crippen LogP contribution in [0, 0.1) is 12.7 Å². The topological polar surface area (TPSA) is 36.9 Å². The standard InChI is InChI=1S/C21H26FN3O/c1-16-6-3-4-9-19(16)20-15-25(12-13-26-20)21(23-2)24-11-10-17-7-5-8-18(22)14-17/h3-9,14,20H,10-13,15H2,1-2H3,(H,23,24). The second kappa shape index (κ2) is 8.81. The summed E-state index contributed by atoms with van der Waals surface area (Å²) in [6, 6.07) is 15.1. The smallest absolute Gasteiger partial charge is 0.193 e. The number of nitrogens with one attached hydrogen (secondary N) is 1. The average molecular weight is 355 g/mol. The van der Waals surface area contributed by atoms with Crippen molar-refractivity contribution in [2.45, 2.75) is 19.4 Å². The van der Waals surface area contributed by atoms with Crippen molar-refractivity contribution in [1.82, 2.24) is 10.2 Å². The fourth-order valence-corrected chi connectivity index (χ4v) is 3.32. The van der Waals surface area contributed by atoms with E-state index in [1.54, 1.807) is 19.2 Å². The summed E-state index contributed by atoms with van der Waals surface area (Å²) in [4.78, 5) is 6.64. The number of aliphatic imine (C=N–C) groups is 1. The Kier molecular flexibility index (Phi) is 6.23. The normalized spacial score (nSPS) is 18.0. The van der Waals surface area contributed by atoms with E-state index in [0.717, 1.165) is 31.0 Å². The summed E-state index contributed by atoms with van der Waals surface area (Å²) >= 11 is 0. The average Bonchev–Trinajstić information content (AvgIpc) is 2.66. The Morgan fingerprint density at radius 1 is 1.27 bits per heavy atom. The largest absolute Gasteiger partial charge is 0.370 e. The van der Waals surface area contributed by atoms with Gasteiger partial charge < -0.3 is 15.0 Å². The van der Waals surface area contributed by atoms with Gasteiger partial charge in [0.15, 0.2) is 5.96 Å². The lowest BCUT2D eigenvalue weighted by molar-refractivity contribution is -0.00829. The third kappa shape index (κ3) is 4.61. The lowest BCUT2D eigenvalue weighted by Gasteiger charge is -2.35. The van der Waals surface area contributed by atoms with Crippen molar-refractivity contribution in [1.29, 1.82) is 0 Å². The molecule has 1 aliphatic rings. The van der Waals surface area contributed by atoms with Crippen molar-refractivity contribution in [3.05, 3.63) is 71.0 Å². The Bertz CT molecular complexity index is 762. The monoisotopic (exact) mass is 355 g/mol. The molecule has 2 aromatic carbocycles. The fourth-order valence-electron chi connectivity index (χ4n) is 3.32. The van der Waals surface area contributed by atoms with Gasteiger partial charge in [-0.25, -0.2) is 4.39 Å². The third-order valence-electron chi connectivity index (χ3n) is 4.70. The van der Waals surface area contributed by atoms with E-state index in [1.165, 1.54) is 17.2 Å². The van der Waals surface area contributed by atoms with Gasteiger partial charge in [-0.15, -0.1) is 0 Å². The summed E-state index contributed by atoms with van der Waals surface area (Å²) in [5.41, 5.74) is 3.45. The molecule has 0 aromatic heterocycles. The van der Waals surface area contributed by atoms with Crippen LogP contribution in [0.15, 0.2) is 53.5 Å². The van der Waals surface area contributed by atoms with E-state index < -0.39 is 0 Å². The van der Waals surface area contributed by atoms with Crippen molar-refractivity contribution in [3.63, 3.8) is 0 Å². The molecule has 0 amide bonds. The maximum Gasteiger partial charge on any atom is 0.193 e. The number of aryl methyl sites for hydroxylation is 1. The van der Waals surface area contributed by atoms with Crippen LogP contribution in [0.5, 0.6) is 0 Å². The molecule has 1 N–H and O–H groups in total. The highest BCUT2D eigenvalue weighted by atomic mass is 19.1. The van der Waals surface area contributed by atoms with E-state index in [1.807, 2.05) is 12.1 Å². The van der Waals surface area contributed by atoms with Gasteiger partial charge in [-0.05, 0) is 42.2 Å². The minimum absolute atomic E-state index is 0.0479. The molecule has 1 aliphatic heterocycles. The van der Waals surface area contributed by atoms with Gasteiger partial charge in [-0.1, -0.05) is 36.4 Å². The number of morpholine rings is 1. The number of ether oxygens (including phenoxy) is 1. The number of nitrogens with zero attached hydrogens (tertiary/aromatic N) is 2. The second-order valence-corrected chi connectivity index (χ2v) is 6.52. The van der Waals surface area contributed by atoms with Crippen molar-refractivity contribution in [2.75, 3.05) is 33.3 Å². The first-order valence-electron chi connectivity index (χ1n) is 9.04. The Morgan fingerprint density at radius 2 is 2.12 bits per heavy atom. The Morgan fingerprint density at radius 3 is 2.88 bits per heavy atom. The van der Waals surface area contributed by atoms with Gasteiger partial charge in [-0.3, -0.25) is 4.99 Å². The Hall–Kier alpha value is -2.40. The van der Waals surface area contributed by atoms with Crippen LogP contribution in [0.4, 0.5) is 4.39 Å². The first kappa shape index (κ1) is 18.4. The second-order valence-electron chi connectivity index (χ2n) is 6.52.